The number of allylic oxidation sites excluding steroid dienone is 1. The normalized spacial score (nSPS) is 16.7. The number of fused-ring (bicyclic) bond motifs is 2. The minimum absolute atomic E-state index is 0.391. The average Bonchev–Trinajstić information content (AvgIpc) is 2.90. The maximum atomic E-state index is 2.31. The zero-order valence-electron chi connectivity index (χ0n) is 10.6. The van der Waals surface area contributed by atoms with Crippen molar-refractivity contribution in [3.8, 4) is 0 Å². The highest BCUT2D eigenvalue weighted by atomic mass is 14.2. The summed E-state index contributed by atoms with van der Waals surface area (Å²) in [5, 5.41) is 2.68. The van der Waals surface area contributed by atoms with E-state index in [1.54, 1.807) is 0 Å². The van der Waals surface area contributed by atoms with E-state index < -0.39 is 0 Å². The lowest BCUT2D eigenvalue weighted by Crippen LogP contribution is -1.96. The molecule has 0 spiro atoms. The van der Waals surface area contributed by atoms with Gasteiger partial charge in [0.05, 0.1) is 0 Å². The molecule has 3 aromatic carbocycles. The van der Waals surface area contributed by atoms with Crippen LogP contribution in [-0.2, 0) is 0 Å². The lowest BCUT2D eigenvalue weighted by molar-refractivity contribution is 1.07. The van der Waals surface area contributed by atoms with Crippen molar-refractivity contribution in [3.63, 3.8) is 0 Å². The van der Waals surface area contributed by atoms with Gasteiger partial charge in [-0.2, -0.15) is 0 Å². The quantitative estimate of drug-likeness (QED) is 0.563. The monoisotopic (exact) mass is 242 g/mol. The predicted octanol–water partition coefficient (Wildman–Crippen LogP) is 5.00. The second kappa shape index (κ2) is 4.10. The lowest BCUT2D eigenvalue weighted by Gasteiger charge is -2.14. The Labute approximate surface area is 113 Å². The molecule has 0 nitrogen and oxygen atoms in total. The van der Waals surface area contributed by atoms with Crippen LogP contribution in [0, 0.1) is 0 Å². The Balaban J connectivity index is 1.96. The van der Waals surface area contributed by atoms with Crippen LogP contribution in [0.2, 0.25) is 0 Å². The van der Waals surface area contributed by atoms with Crippen LogP contribution < -0.4 is 0 Å². The van der Waals surface area contributed by atoms with Crippen LogP contribution in [0.25, 0.3) is 16.8 Å². The van der Waals surface area contributed by atoms with Crippen LogP contribution in [0.5, 0.6) is 0 Å². The Morgan fingerprint density at radius 2 is 1.37 bits per heavy atom. The van der Waals surface area contributed by atoms with Gasteiger partial charge >= 0.3 is 0 Å². The van der Waals surface area contributed by atoms with Gasteiger partial charge in [-0.15, -0.1) is 0 Å². The van der Waals surface area contributed by atoms with Crippen LogP contribution in [0.1, 0.15) is 22.6 Å². The first-order chi connectivity index (χ1) is 9.43. The summed E-state index contributed by atoms with van der Waals surface area (Å²) in [5.41, 5.74) is 4.17. The summed E-state index contributed by atoms with van der Waals surface area (Å²) in [6.07, 6.45) is 4.55. The van der Waals surface area contributed by atoms with Crippen molar-refractivity contribution in [3.05, 3.63) is 89.5 Å². The van der Waals surface area contributed by atoms with Gasteiger partial charge in [-0.05, 0) is 27.5 Å². The first kappa shape index (κ1) is 10.6. The molecule has 0 aromatic heterocycles. The van der Waals surface area contributed by atoms with E-state index in [0.717, 1.165) is 0 Å². The van der Waals surface area contributed by atoms with Gasteiger partial charge in [0.25, 0.3) is 0 Å². The van der Waals surface area contributed by atoms with Gasteiger partial charge in [-0.25, -0.2) is 0 Å². The van der Waals surface area contributed by atoms with Crippen molar-refractivity contribution in [2.45, 2.75) is 5.92 Å². The van der Waals surface area contributed by atoms with Crippen molar-refractivity contribution < 1.29 is 0 Å². The van der Waals surface area contributed by atoms with E-state index in [0.29, 0.717) is 5.92 Å². The zero-order valence-corrected chi connectivity index (χ0v) is 10.6. The molecule has 90 valence electrons. The predicted molar refractivity (Wildman–Crippen MR) is 81.3 cm³/mol. The molecular weight excluding hydrogens is 228 g/mol. The molecule has 0 amide bonds. The van der Waals surface area contributed by atoms with Crippen LogP contribution in [0.3, 0.4) is 0 Å². The van der Waals surface area contributed by atoms with Crippen LogP contribution in [0.15, 0.2) is 72.8 Å². The molecule has 0 fully saturated rings. The molecule has 19 heavy (non-hydrogen) atoms. The van der Waals surface area contributed by atoms with Crippen molar-refractivity contribution in [2.75, 3.05) is 0 Å². The molecule has 1 aliphatic carbocycles. The van der Waals surface area contributed by atoms with Gasteiger partial charge in [0.1, 0.15) is 0 Å². The van der Waals surface area contributed by atoms with E-state index in [1.165, 1.54) is 27.5 Å². The van der Waals surface area contributed by atoms with Crippen LogP contribution in [-0.4, -0.2) is 0 Å². The third-order valence-corrected chi connectivity index (χ3v) is 3.96. The van der Waals surface area contributed by atoms with E-state index in [2.05, 4.69) is 78.9 Å². The second-order valence-corrected chi connectivity index (χ2v) is 5.03. The Bertz CT molecular complexity index is 775. The molecular formula is C19H14. The third-order valence-electron chi connectivity index (χ3n) is 3.96. The highest BCUT2D eigenvalue weighted by Crippen LogP contribution is 2.38. The third kappa shape index (κ3) is 1.61. The van der Waals surface area contributed by atoms with E-state index in [9.17, 15) is 0 Å². The summed E-state index contributed by atoms with van der Waals surface area (Å²) in [6.45, 7) is 0. The topological polar surface area (TPSA) is 0 Å². The average molecular weight is 242 g/mol. The van der Waals surface area contributed by atoms with E-state index in [1.807, 2.05) is 0 Å². The largest absolute Gasteiger partial charge is 0.0720 e. The molecule has 4 rings (SSSR count). The molecule has 0 radical (unpaired) electrons. The molecule has 0 heterocycles. The Morgan fingerprint density at radius 3 is 2.37 bits per heavy atom. The molecule has 0 aliphatic heterocycles. The van der Waals surface area contributed by atoms with Gasteiger partial charge in [0, 0.05) is 5.92 Å². The number of rotatable bonds is 1. The Morgan fingerprint density at radius 1 is 0.632 bits per heavy atom. The van der Waals surface area contributed by atoms with Gasteiger partial charge in [0.2, 0.25) is 0 Å². The van der Waals surface area contributed by atoms with Crippen molar-refractivity contribution in [1.82, 2.24) is 0 Å². The summed E-state index contributed by atoms with van der Waals surface area (Å²) in [7, 11) is 0. The SMILES string of the molecule is C1=CC(c2cccc3ccccc23)c2ccccc21. The highest BCUT2D eigenvalue weighted by Gasteiger charge is 2.19. The van der Waals surface area contributed by atoms with Crippen LogP contribution >= 0.6 is 0 Å². The molecule has 1 atom stereocenters. The van der Waals surface area contributed by atoms with Crippen molar-refractivity contribution in [1.29, 1.82) is 0 Å². The fourth-order valence-electron chi connectivity index (χ4n) is 3.04. The highest BCUT2D eigenvalue weighted by molar-refractivity contribution is 5.87. The number of hydrogen-bond donors (Lipinski definition) is 0. The van der Waals surface area contributed by atoms with E-state index >= 15 is 0 Å². The van der Waals surface area contributed by atoms with Crippen LogP contribution in [0.4, 0.5) is 0 Å². The first-order valence-electron chi connectivity index (χ1n) is 6.68. The van der Waals surface area contributed by atoms with E-state index in [-0.39, 0.29) is 0 Å². The Kier molecular flexibility index (Phi) is 2.28. The second-order valence-electron chi connectivity index (χ2n) is 5.03. The number of benzene rings is 3. The first-order valence-corrected chi connectivity index (χ1v) is 6.68. The van der Waals surface area contributed by atoms with Gasteiger partial charge in [-0.3, -0.25) is 0 Å². The maximum absolute atomic E-state index is 2.31. The molecule has 0 saturated carbocycles. The standard InChI is InChI=1S/C19H14/c1-3-9-16-14(6-1)8-5-11-18(16)19-13-12-15-7-2-4-10-17(15)19/h1-13,19H. The summed E-state index contributed by atoms with van der Waals surface area (Å²) < 4.78 is 0. The van der Waals surface area contributed by atoms with E-state index in [4.69, 9.17) is 0 Å². The minimum Gasteiger partial charge on any atom is -0.0720 e. The molecule has 1 aliphatic rings. The summed E-state index contributed by atoms with van der Waals surface area (Å²) in [5.74, 6) is 0.391. The molecule has 0 N–H and O–H groups in total. The van der Waals surface area contributed by atoms with Gasteiger partial charge in [0.15, 0.2) is 0 Å². The van der Waals surface area contributed by atoms with Gasteiger partial charge in [-0.1, -0.05) is 78.9 Å². The molecule has 0 bridgehead atoms. The van der Waals surface area contributed by atoms with Gasteiger partial charge < -0.3 is 0 Å². The van der Waals surface area contributed by atoms with Crippen molar-refractivity contribution in [2.24, 2.45) is 0 Å². The van der Waals surface area contributed by atoms with Crippen molar-refractivity contribution >= 4 is 16.8 Å². The fourth-order valence-corrected chi connectivity index (χ4v) is 3.04. The summed E-state index contributed by atoms with van der Waals surface area (Å²) in [4.78, 5) is 0. The summed E-state index contributed by atoms with van der Waals surface area (Å²) >= 11 is 0. The zero-order chi connectivity index (χ0) is 12.7. The summed E-state index contributed by atoms with van der Waals surface area (Å²) in [6, 6.07) is 23.9. The minimum atomic E-state index is 0.391. The number of hydrogen-bond acceptors (Lipinski definition) is 0. The maximum Gasteiger partial charge on any atom is 0.0284 e. The molecule has 1 unspecified atom stereocenters. The smallest absolute Gasteiger partial charge is 0.0284 e. The molecule has 0 heteroatoms. The fraction of sp³-hybridized carbons (Fsp3) is 0.0526. The Hall–Kier alpha value is -2.34. The molecule has 0 saturated heterocycles. The lowest BCUT2D eigenvalue weighted by atomic mass is 9.89. The molecule has 3 aromatic rings.